The van der Waals surface area contributed by atoms with Crippen LogP contribution in [0.15, 0.2) is 59.6 Å². The average molecular weight is 407 g/mol. The quantitative estimate of drug-likeness (QED) is 0.630. The lowest BCUT2D eigenvalue weighted by Gasteiger charge is -2.09. The summed E-state index contributed by atoms with van der Waals surface area (Å²) in [5, 5.41) is 4.01. The minimum Gasteiger partial charge on any atom is -0.477 e. The van der Waals surface area contributed by atoms with Gasteiger partial charge in [-0.2, -0.15) is 0 Å². The second-order valence-corrected chi connectivity index (χ2v) is 7.33. The summed E-state index contributed by atoms with van der Waals surface area (Å²) >= 11 is 6.08. The van der Waals surface area contributed by atoms with Crippen LogP contribution >= 0.6 is 11.6 Å². The molecule has 0 unspecified atom stereocenters. The maximum absolute atomic E-state index is 12.3. The number of sulfonamides is 1. The molecule has 0 atom stereocenters. The zero-order chi connectivity index (χ0) is 19.4. The van der Waals surface area contributed by atoms with E-state index in [1.54, 1.807) is 30.5 Å². The van der Waals surface area contributed by atoms with Crippen molar-refractivity contribution in [1.29, 1.82) is 0 Å². The van der Waals surface area contributed by atoms with E-state index in [4.69, 9.17) is 16.3 Å². The number of halogens is 1. The van der Waals surface area contributed by atoms with Gasteiger partial charge in [0.1, 0.15) is 5.15 Å². The van der Waals surface area contributed by atoms with Crippen molar-refractivity contribution in [2.75, 3.05) is 6.61 Å². The van der Waals surface area contributed by atoms with Gasteiger partial charge in [-0.15, -0.1) is 5.10 Å². The van der Waals surface area contributed by atoms with Crippen LogP contribution in [0.1, 0.15) is 17.3 Å². The Hall–Kier alpha value is -2.91. The normalized spacial score (nSPS) is 11.2. The van der Waals surface area contributed by atoms with Crippen LogP contribution in [0.25, 0.3) is 5.82 Å². The SMILES string of the molecule is CCOc1ccn(-c2ccc(C(=O)NS(=O)(=O)c3ccccc3)c(Cl)n2)n1. The number of aromatic nitrogens is 3. The first-order valence-electron chi connectivity index (χ1n) is 7.88. The molecular formula is C17H15ClN4O4S. The van der Waals surface area contributed by atoms with Crippen LogP contribution in [-0.4, -0.2) is 35.7 Å². The van der Waals surface area contributed by atoms with E-state index in [-0.39, 0.29) is 15.6 Å². The number of pyridine rings is 1. The second kappa shape index (κ2) is 7.77. The molecule has 1 aromatic carbocycles. The standard InChI is InChI=1S/C17H15ClN4O4S/c1-2-26-15-10-11-22(20-15)14-9-8-13(16(18)19-14)17(23)21-27(24,25)12-6-4-3-5-7-12/h3-11H,2H2,1H3,(H,21,23). The molecule has 0 aliphatic heterocycles. The summed E-state index contributed by atoms with van der Waals surface area (Å²) in [6, 6.07) is 12.1. The molecule has 2 aromatic heterocycles. The van der Waals surface area contributed by atoms with Crippen molar-refractivity contribution in [2.45, 2.75) is 11.8 Å². The third kappa shape index (κ3) is 4.26. The van der Waals surface area contributed by atoms with E-state index in [0.717, 1.165) is 0 Å². The zero-order valence-electron chi connectivity index (χ0n) is 14.2. The van der Waals surface area contributed by atoms with Gasteiger partial charge in [0, 0.05) is 12.3 Å². The largest absolute Gasteiger partial charge is 0.477 e. The van der Waals surface area contributed by atoms with Gasteiger partial charge in [0.15, 0.2) is 5.82 Å². The first-order valence-corrected chi connectivity index (χ1v) is 9.74. The molecule has 140 valence electrons. The van der Waals surface area contributed by atoms with Crippen LogP contribution < -0.4 is 9.46 Å². The number of carbonyl (C=O) groups excluding carboxylic acids is 1. The first kappa shape index (κ1) is 18.9. The van der Waals surface area contributed by atoms with Gasteiger partial charge in [0.2, 0.25) is 5.88 Å². The number of hydrogen-bond donors (Lipinski definition) is 1. The maximum Gasteiger partial charge on any atom is 0.268 e. The Bertz CT molecular complexity index is 1070. The van der Waals surface area contributed by atoms with Gasteiger partial charge in [0.05, 0.1) is 17.1 Å². The zero-order valence-corrected chi connectivity index (χ0v) is 15.7. The lowest BCUT2D eigenvalue weighted by molar-refractivity contribution is 0.0981. The predicted octanol–water partition coefficient (Wildman–Crippen LogP) is 2.44. The maximum atomic E-state index is 12.3. The average Bonchev–Trinajstić information content (AvgIpc) is 3.11. The van der Waals surface area contributed by atoms with E-state index in [9.17, 15) is 13.2 Å². The summed E-state index contributed by atoms with van der Waals surface area (Å²) in [6.45, 7) is 2.31. The topological polar surface area (TPSA) is 103 Å². The third-order valence-corrected chi connectivity index (χ3v) is 5.09. The highest BCUT2D eigenvalue weighted by molar-refractivity contribution is 7.90. The Labute approximate surface area is 160 Å². The van der Waals surface area contributed by atoms with Gasteiger partial charge in [0.25, 0.3) is 15.9 Å². The van der Waals surface area contributed by atoms with E-state index < -0.39 is 15.9 Å². The molecule has 0 fully saturated rings. The molecule has 0 radical (unpaired) electrons. The van der Waals surface area contributed by atoms with Crippen LogP contribution in [0.5, 0.6) is 5.88 Å². The number of hydrogen-bond acceptors (Lipinski definition) is 6. The van der Waals surface area contributed by atoms with Crippen molar-refractivity contribution in [3.63, 3.8) is 0 Å². The van der Waals surface area contributed by atoms with E-state index in [1.807, 2.05) is 11.6 Å². The molecule has 0 aliphatic rings. The Morgan fingerprint density at radius 1 is 1.19 bits per heavy atom. The van der Waals surface area contributed by atoms with Gasteiger partial charge in [-0.3, -0.25) is 4.79 Å². The van der Waals surface area contributed by atoms with Crippen LogP contribution in [-0.2, 0) is 10.0 Å². The molecule has 1 N–H and O–H groups in total. The van der Waals surface area contributed by atoms with Gasteiger partial charge in [-0.05, 0) is 31.2 Å². The highest BCUT2D eigenvalue weighted by Crippen LogP contribution is 2.18. The number of ether oxygens (including phenoxy) is 1. The molecule has 2 heterocycles. The molecule has 0 aliphatic carbocycles. The molecule has 10 heteroatoms. The second-order valence-electron chi connectivity index (χ2n) is 5.29. The van der Waals surface area contributed by atoms with E-state index >= 15 is 0 Å². The van der Waals surface area contributed by atoms with E-state index in [1.165, 1.54) is 28.9 Å². The predicted molar refractivity (Wildman–Crippen MR) is 98.6 cm³/mol. The summed E-state index contributed by atoms with van der Waals surface area (Å²) < 4.78 is 33.2. The van der Waals surface area contributed by atoms with Crippen LogP contribution in [0.3, 0.4) is 0 Å². The van der Waals surface area contributed by atoms with Crippen LogP contribution in [0.2, 0.25) is 5.15 Å². The molecule has 8 nitrogen and oxygen atoms in total. The molecular weight excluding hydrogens is 392 g/mol. The molecule has 0 spiro atoms. The number of nitrogens with one attached hydrogen (secondary N) is 1. The highest BCUT2D eigenvalue weighted by Gasteiger charge is 2.21. The van der Waals surface area contributed by atoms with E-state index in [2.05, 4.69) is 10.1 Å². The Morgan fingerprint density at radius 3 is 2.59 bits per heavy atom. The molecule has 0 saturated carbocycles. The summed E-state index contributed by atoms with van der Waals surface area (Å²) in [5.74, 6) is -0.0991. The fourth-order valence-electron chi connectivity index (χ4n) is 2.22. The highest BCUT2D eigenvalue weighted by atomic mass is 35.5. The van der Waals surface area contributed by atoms with Crippen molar-refractivity contribution in [3.8, 4) is 11.7 Å². The minimum atomic E-state index is -4.01. The number of benzene rings is 1. The minimum absolute atomic E-state index is 0.0287. The molecule has 1 amide bonds. The van der Waals surface area contributed by atoms with Gasteiger partial charge >= 0.3 is 0 Å². The van der Waals surface area contributed by atoms with Gasteiger partial charge in [-0.1, -0.05) is 29.8 Å². The van der Waals surface area contributed by atoms with Crippen molar-refractivity contribution in [3.05, 3.63) is 65.4 Å². The molecule has 3 rings (SSSR count). The Morgan fingerprint density at radius 2 is 1.93 bits per heavy atom. The molecule has 27 heavy (non-hydrogen) atoms. The monoisotopic (exact) mass is 406 g/mol. The Kier molecular flexibility index (Phi) is 5.43. The van der Waals surface area contributed by atoms with Crippen LogP contribution in [0.4, 0.5) is 0 Å². The lowest BCUT2D eigenvalue weighted by Crippen LogP contribution is -2.31. The summed E-state index contributed by atoms with van der Waals surface area (Å²) in [7, 11) is -4.01. The van der Waals surface area contributed by atoms with Crippen molar-refractivity contribution in [2.24, 2.45) is 0 Å². The number of amides is 1. The first-order chi connectivity index (χ1) is 12.9. The summed E-state index contributed by atoms with van der Waals surface area (Å²) in [5.41, 5.74) is -0.0721. The van der Waals surface area contributed by atoms with Gasteiger partial charge < -0.3 is 4.74 Å². The van der Waals surface area contributed by atoms with E-state index in [0.29, 0.717) is 18.3 Å². The van der Waals surface area contributed by atoms with Crippen molar-refractivity contribution in [1.82, 2.24) is 19.5 Å². The molecule has 3 aromatic rings. The molecule has 0 bridgehead atoms. The molecule has 0 saturated heterocycles. The number of carbonyl (C=O) groups is 1. The van der Waals surface area contributed by atoms with Crippen LogP contribution in [0, 0.1) is 0 Å². The Balaban J connectivity index is 1.82. The van der Waals surface area contributed by atoms with Crippen molar-refractivity contribution < 1.29 is 17.9 Å². The lowest BCUT2D eigenvalue weighted by atomic mass is 10.3. The fraction of sp³-hybridized carbons (Fsp3) is 0.118. The third-order valence-electron chi connectivity index (χ3n) is 3.45. The number of rotatable bonds is 6. The number of nitrogens with zero attached hydrogens (tertiary/aromatic N) is 3. The fourth-order valence-corrected chi connectivity index (χ4v) is 3.44. The summed E-state index contributed by atoms with van der Waals surface area (Å²) in [6.07, 6.45) is 1.63. The van der Waals surface area contributed by atoms with Crippen molar-refractivity contribution >= 4 is 27.5 Å². The smallest absolute Gasteiger partial charge is 0.268 e. The summed E-state index contributed by atoms with van der Waals surface area (Å²) in [4.78, 5) is 16.4. The van der Waals surface area contributed by atoms with Gasteiger partial charge in [-0.25, -0.2) is 22.8 Å².